The maximum absolute atomic E-state index is 12.6. The van der Waals surface area contributed by atoms with Gasteiger partial charge >= 0.3 is 0 Å². The summed E-state index contributed by atoms with van der Waals surface area (Å²) in [5.41, 5.74) is -0.00375. The summed E-state index contributed by atoms with van der Waals surface area (Å²) in [6.45, 7) is 6.47. The van der Waals surface area contributed by atoms with Gasteiger partial charge < -0.3 is 20.1 Å². The van der Waals surface area contributed by atoms with E-state index in [0.717, 1.165) is 5.56 Å². The van der Waals surface area contributed by atoms with Crippen molar-refractivity contribution in [2.45, 2.75) is 45.0 Å². The van der Waals surface area contributed by atoms with Gasteiger partial charge in [0, 0.05) is 51.6 Å². The van der Waals surface area contributed by atoms with Crippen molar-refractivity contribution in [3.8, 4) is 0 Å². The second-order valence-corrected chi connectivity index (χ2v) is 5.42. The van der Waals surface area contributed by atoms with Crippen LogP contribution >= 0.6 is 0 Å². The van der Waals surface area contributed by atoms with Crippen LogP contribution in [-0.4, -0.2) is 58.3 Å². The Hall–Kier alpha value is -0.331. The molecule has 121 valence electrons. The number of rotatable bonds is 2. The summed E-state index contributed by atoms with van der Waals surface area (Å²) in [5.74, 6) is -2.12. The summed E-state index contributed by atoms with van der Waals surface area (Å²) in [7, 11) is 5.34. The van der Waals surface area contributed by atoms with Gasteiger partial charge in [-0.15, -0.1) is 11.6 Å². The van der Waals surface area contributed by atoms with Crippen LogP contribution in [-0.2, 0) is 37.5 Å². The number of hydrogen-bond acceptors (Lipinski definition) is 5. The summed E-state index contributed by atoms with van der Waals surface area (Å²) >= 11 is 0. The van der Waals surface area contributed by atoms with Crippen LogP contribution in [0.15, 0.2) is 12.3 Å². The largest absolute Gasteiger partial charge is 0.367 e. The van der Waals surface area contributed by atoms with Crippen LogP contribution < -0.4 is 4.90 Å². The topological polar surface area (TPSA) is 76.9 Å². The Labute approximate surface area is 163 Å². The number of nitrogens with zero attached hydrogens (tertiary/aromatic N) is 3. The molecule has 1 saturated heterocycles. The zero-order valence-electron chi connectivity index (χ0n) is 13.8. The van der Waals surface area contributed by atoms with Crippen molar-refractivity contribution < 1.29 is 47.7 Å². The Morgan fingerprint density at radius 2 is 1.96 bits per heavy atom. The van der Waals surface area contributed by atoms with E-state index in [2.05, 4.69) is 11.1 Å². The van der Waals surface area contributed by atoms with Gasteiger partial charge in [-0.2, -0.15) is 6.07 Å². The number of aliphatic hydroxyl groups is 2. The number of hydrogen-bond donors (Lipinski definition) is 2. The number of aromatic nitrogens is 1. The van der Waals surface area contributed by atoms with Crippen LogP contribution in [0, 0.1) is 13.0 Å². The van der Waals surface area contributed by atoms with E-state index in [4.69, 9.17) is 7.85 Å². The molecule has 1 aromatic rings. The standard InChI is InChI=1S/C13H15BN3O3.C2H6.Y/c1-9-2-3-10(15-8-9)16-6-7-17(13(14,19)20)12(4-5-12)11(16)18;1-2;/h3,8,19-20H,4-7H2,1H3;1-2H3;/q-1;;. The van der Waals surface area contributed by atoms with Crippen molar-refractivity contribution >= 4 is 19.6 Å². The molecule has 1 spiro atoms. The molecule has 1 aliphatic heterocycles. The minimum atomic E-state index is -2.47. The van der Waals surface area contributed by atoms with Crippen molar-refractivity contribution in [2.24, 2.45) is 0 Å². The fourth-order valence-electron chi connectivity index (χ4n) is 2.75. The SMILES string of the molecule is CC.[B]C(O)(O)N1CCN(c2c[c-]c(C)cn2)C(=O)C12CC2.[Y]. The van der Waals surface area contributed by atoms with Gasteiger partial charge in [-0.3, -0.25) is 4.79 Å². The quantitative estimate of drug-likeness (QED) is 0.427. The second-order valence-electron chi connectivity index (χ2n) is 5.42. The van der Waals surface area contributed by atoms with Gasteiger partial charge in [0.15, 0.2) is 13.7 Å². The van der Waals surface area contributed by atoms with Gasteiger partial charge in [0.2, 0.25) is 5.91 Å². The number of pyridine rings is 1. The molecule has 2 fully saturated rings. The van der Waals surface area contributed by atoms with Crippen molar-refractivity contribution in [1.82, 2.24) is 9.88 Å². The van der Waals surface area contributed by atoms with E-state index in [1.807, 2.05) is 20.8 Å². The summed E-state index contributed by atoms with van der Waals surface area (Å²) in [6, 6.07) is 4.69. The molecule has 0 aromatic carbocycles. The minimum absolute atomic E-state index is 0. The Morgan fingerprint density at radius 1 is 1.35 bits per heavy atom. The third-order valence-electron chi connectivity index (χ3n) is 3.92. The molecule has 3 rings (SSSR count). The van der Waals surface area contributed by atoms with Crippen molar-refractivity contribution in [3.63, 3.8) is 0 Å². The molecule has 6 nitrogen and oxygen atoms in total. The normalized spacial score (nSPS) is 19.7. The van der Waals surface area contributed by atoms with Gasteiger partial charge in [0.1, 0.15) is 5.54 Å². The molecule has 2 N–H and O–H groups in total. The van der Waals surface area contributed by atoms with Gasteiger partial charge in [-0.1, -0.05) is 27.0 Å². The maximum atomic E-state index is 12.6. The maximum Gasteiger partial charge on any atom is 0.237 e. The Bertz CT molecular complexity index is 544. The van der Waals surface area contributed by atoms with E-state index in [-0.39, 0.29) is 45.2 Å². The average Bonchev–Trinajstić information content (AvgIpc) is 3.25. The number of anilines is 1. The predicted octanol–water partition coefficient (Wildman–Crippen LogP) is 0.160. The van der Waals surface area contributed by atoms with Crippen LogP contribution in [0.3, 0.4) is 0 Å². The summed E-state index contributed by atoms with van der Waals surface area (Å²) < 4.78 is 0. The molecule has 1 amide bonds. The van der Waals surface area contributed by atoms with E-state index in [0.29, 0.717) is 25.2 Å². The number of piperazine rings is 1. The van der Waals surface area contributed by atoms with Crippen LogP contribution in [0.4, 0.5) is 5.82 Å². The summed E-state index contributed by atoms with van der Waals surface area (Å²) in [4.78, 5) is 19.7. The fourth-order valence-corrected chi connectivity index (χ4v) is 2.75. The Kier molecular flexibility index (Phi) is 6.94. The van der Waals surface area contributed by atoms with E-state index in [1.54, 1.807) is 17.2 Å². The molecule has 0 bridgehead atoms. The van der Waals surface area contributed by atoms with Gasteiger partial charge in [-0.25, -0.2) is 4.90 Å². The first kappa shape index (κ1) is 20.7. The number of carbonyl (C=O) groups is 1. The molecule has 2 heterocycles. The molecule has 1 aromatic heterocycles. The first-order valence-corrected chi connectivity index (χ1v) is 7.52. The predicted molar refractivity (Wildman–Crippen MR) is 83.1 cm³/mol. The molecule has 0 atom stereocenters. The molecule has 1 aliphatic carbocycles. The first-order valence-electron chi connectivity index (χ1n) is 7.52. The molecule has 3 radical (unpaired) electrons. The monoisotopic (exact) mass is 391 g/mol. The molecule has 0 unspecified atom stereocenters. The molecular weight excluding hydrogens is 370 g/mol. The van der Waals surface area contributed by atoms with Crippen LogP contribution in [0.2, 0.25) is 0 Å². The molecule has 8 heteroatoms. The van der Waals surface area contributed by atoms with Crippen molar-refractivity contribution in [1.29, 1.82) is 0 Å². The minimum Gasteiger partial charge on any atom is -0.367 e. The van der Waals surface area contributed by atoms with Crippen molar-refractivity contribution in [2.75, 3.05) is 18.0 Å². The third-order valence-corrected chi connectivity index (χ3v) is 3.92. The number of amides is 1. The van der Waals surface area contributed by atoms with Gasteiger partial charge in [0.05, 0.1) is 0 Å². The number of aryl methyl sites for hydroxylation is 1. The van der Waals surface area contributed by atoms with E-state index < -0.39 is 11.3 Å². The summed E-state index contributed by atoms with van der Waals surface area (Å²) in [6.07, 6.45) is 2.79. The van der Waals surface area contributed by atoms with Crippen LogP contribution in [0.25, 0.3) is 0 Å². The van der Waals surface area contributed by atoms with E-state index in [9.17, 15) is 15.0 Å². The smallest absolute Gasteiger partial charge is 0.237 e. The van der Waals surface area contributed by atoms with Crippen molar-refractivity contribution in [3.05, 3.63) is 23.9 Å². The number of carbonyl (C=O) groups excluding carboxylic acids is 1. The first-order chi connectivity index (χ1) is 10.3. The molecule has 2 aliphatic rings. The third kappa shape index (κ3) is 4.02. The Morgan fingerprint density at radius 3 is 2.39 bits per heavy atom. The second kappa shape index (κ2) is 7.70. The molecule has 23 heavy (non-hydrogen) atoms. The zero-order valence-corrected chi connectivity index (χ0v) is 16.6. The average molecular weight is 391 g/mol. The van der Waals surface area contributed by atoms with E-state index in [1.165, 1.54) is 4.90 Å². The fraction of sp³-hybridized carbons (Fsp3) is 0.600. The van der Waals surface area contributed by atoms with Gasteiger partial charge in [0.25, 0.3) is 0 Å². The van der Waals surface area contributed by atoms with Crippen LogP contribution in [0.5, 0.6) is 0 Å². The van der Waals surface area contributed by atoms with Crippen LogP contribution in [0.1, 0.15) is 32.3 Å². The Balaban J connectivity index is 0.000000849. The van der Waals surface area contributed by atoms with Gasteiger partial charge in [-0.05, 0) is 12.8 Å². The molecule has 1 saturated carbocycles. The summed E-state index contributed by atoms with van der Waals surface area (Å²) in [5, 5.41) is 19.2. The van der Waals surface area contributed by atoms with E-state index >= 15 is 0 Å². The zero-order chi connectivity index (χ0) is 16.5. The molecular formula is C15H21BN3O3Y-.